The minimum absolute atomic E-state index is 0.172. The van der Waals surface area contributed by atoms with E-state index < -0.39 is 0 Å². The lowest BCUT2D eigenvalue weighted by molar-refractivity contribution is 0.0963. The SMILES string of the molecule is CNC(=O)c1ccc(N(C)c2ccc(C#N)cc2)c(N)c1. The number of nitrogens with zero attached hydrogens (tertiary/aromatic N) is 2. The highest BCUT2D eigenvalue weighted by molar-refractivity contribution is 5.96. The van der Waals surface area contributed by atoms with Crippen molar-refractivity contribution < 1.29 is 4.79 Å². The molecule has 0 aliphatic rings. The van der Waals surface area contributed by atoms with Crippen LogP contribution in [0.5, 0.6) is 0 Å². The summed E-state index contributed by atoms with van der Waals surface area (Å²) in [5.41, 5.74) is 9.39. The number of amides is 1. The molecule has 0 heterocycles. The standard InChI is InChI=1S/C16H16N4O/c1-19-16(21)12-5-8-15(14(18)9-12)20(2)13-6-3-11(10-17)4-7-13/h3-9H,18H2,1-2H3,(H,19,21). The Morgan fingerprint density at radius 1 is 1.24 bits per heavy atom. The summed E-state index contributed by atoms with van der Waals surface area (Å²) < 4.78 is 0. The van der Waals surface area contributed by atoms with Gasteiger partial charge in [-0.25, -0.2) is 0 Å². The minimum atomic E-state index is -0.172. The van der Waals surface area contributed by atoms with Gasteiger partial charge < -0.3 is 16.0 Å². The predicted molar refractivity (Wildman–Crippen MR) is 83.5 cm³/mol. The summed E-state index contributed by atoms with van der Waals surface area (Å²) >= 11 is 0. The number of nitrogens with one attached hydrogen (secondary N) is 1. The van der Waals surface area contributed by atoms with E-state index in [1.807, 2.05) is 24.1 Å². The first-order valence-corrected chi connectivity index (χ1v) is 6.42. The van der Waals surface area contributed by atoms with Gasteiger partial charge in [-0.1, -0.05) is 0 Å². The van der Waals surface area contributed by atoms with Crippen molar-refractivity contribution in [2.24, 2.45) is 0 Å². The molecule has 0 atom stereocenters. The summed E-state index contributed by atoms with van der Waals surface area (Å²) in [7, 11) is 3.46. The van der Waals surface area contributed by atoms with Crippen molar-refractivity contribution in [2.45, 2.75) is 0 Å². The first kappa shape index (κ1) is 14.4. The highest BCUT2D eigenvalue weighted by Gasteiger charge is 2.11. The van der Waals surface area contributed by atoms with Crippen molar-refractivity contribution in [3.05, 3.63) is 53.6 Å². The minimum Gasteiger partial charge on any atom is -0.397 e. The number of hydrogen-bond acceptors (Lipinski definition) is 4. The fourth-order valence-electron chi connectivity index (χ4n) is 2.04. The second-order valence-electron chi connectivity index (χ2n) is 4.57. The molecule has 0 unspecified atom stereocenters. The van der Waals surface area contributed by atoms with E-state index in [-0.39, 0.29) is 5.91 Å². The number of carbonyl (C=O) groups excluding carboxylic acids is 1. The Kier molecular flexibility index (Phi) is 4.10. The Morgan fingerprint density at radius 2 is 1.90 bits per heavy atom. The smallest absolute Gasteiger partial charge is 0.251 e. The summed E-state index contributed by atoms with van der Waals surface area (Å²) in [6.07, 6.45) is 0. The van der Waals surface area contributed by atoms with E-state index in [0.29, 0.717) is 16.8 Å². The van der Waals surface area contributed by atoms with Crippen molar-refractivity contribution in [3.8, 4) is 6.07 Å². The van der Waals surface area contributed by atoms with Crippen LogP contribution in [0, 0.1) is 11.3 Å². The lowest BCUT2D eigenvalue weighted by Gasteiger charge is -2.21. The summed E-state index contributed by atoms with van der Waals surface area (Å²) in [6.45, 7) is 0. The monoisotopic (exact) mass is 280 g/mol. The number of carbonyl (C=O) groups is 1. The van der Waals surface area contributed by atoms with Gasteiger partial charge in [0.1, 0.15) is 0 Å². The maximum Gasteiger partial charge on any atom is 0.251 e. The van der Waals surface area contributed by atoms with Gasteiger partial charge in [-0.05, 0) is 42.5 Å². The molecule has 0 aromatic heterocycles. The van der Waals surface area contributed by atoms with Crippen molar-refractivity contribution in [2.75, 3.05) is 24.7 Å². The quantitative estimate of drug-likeness (QED) is 0.845. The van der Waals surface area contributed by atoms with Crippen LogP contribution in [0.4, 0.5) is 17.1 Å². The Balaban J connectivity index is 2.32. The molecule has 0 aliphatic carbocycles. The van der Waals surface area contributed by atoms with Gasteiger partial charge in [0, 0.05) is 25.3 Å². The van der Waals surface area contributed by atoms with E-state index in [1.165, 1.54) is 0 Å². The molecule has 0 saturated carbocycles. The molecule has 2 aromatic rings. The summed E-state index contributed by atoms with van der Waals surface area (Å²) in [5, 5.41) is 11.4. The lowest BCUT2D eigenvalue weighted by Crippen LogP contribution is -2.18. The molecule has 0 fully saturated rings. The molecule has 0 aliphatic heterocycles. The van der Waals surface area contributed by atoms with Crippen molar-refractivity contribution in [1.82, 2.24) is 5.32 Å². The van der Waals surface area contributed by atoms with Gasteiger partial charge in [0.25, 0.3) is 5.91 Å². The molecule has 0 radical (unpaired) electrons. The van der Waals surface area contributed by atoms with Crippen LogP contribution in [0.2, 0.25) is 0 Å². The second-order valence-corrected chi connectivity index (χ2v) is 4.57. The molecule has 1 amide bonds. The molecule has 0 bridgehead atoms. The molecule has 2 rings (SSSR count). The molecule has 2 aromatic carbocycles. The van der Waals surface area contributed by atoms with Crippen LogP contribution in [0.15, 0.2) is 42.5 Å². The summed E-state index contributed by atoms with van der Waals surface area (Å²) in [6, 6.07) is 14.5. The predicted octanol–water partition coefficient (Wildman–Crippen LogP) is 2.27. The number of nitrogen functional groups attached to an aromatic ring is 1. The van der Waals surface area contributed by atoms with Crippen LogP contribution in [0.3, 0.4) is 0 Å². The number of benzene rings is 2. The Labute approximate surface area is 123 Å². The molecular formula is C16H16N4O. The van der Waals surface area contributed by atoms with Crippen molar-refractivity contribution >= 4 is 23.0 Å². The maximum atomic E-state index is 11.6. The van der Waals surface area contributed by atoms with Crippen LogP contribution >= 0.6 is 0 Å². The van der Waals surface area contributed by atoms with Gasteiger partial charge in [-0.3, -0.25) is 4.79 Å². The number of rotatable bonds is 3. The molecular weight excluding hydrogens is 264 g/mol. The fourth-order valence-corrected chi connectivity index (χ4v) is 2.04. The summed E-state index contributed by atoms with van der Waals surface area (Å²) in [5.74, 6) is -0.172. The normalized spacial score (nSPS) is 9.76. The van der Waals surface area contributed by atoms with E-state index in [2.05, 4.69) is 11.4 Å². The zero-order valence-corrected chi connectivity index (χ0v) is 11.9. The molecule has 0 saturated heterocycles. The average molecular weight is 280 g/mol. The second kappa shape index (κ2) is 5.97. The Bertz CT molecular complexity index is 701. The van der Waals surface area contributed by atoms with Crippen LogP contribution in [0.1, 0.15) is 15.9 Å². The zero-order chi connectivity index (χ0) is 15.4. The Morgan fingerprint density at radius 3 is 2.43 bits per heavy atom. The van der Waals surface area contributed by atoms with E-state index in [1.54, 1.807) is 37.4 Å². The third-order valence-electron chi connectivity index (χ3n) is 3.26. The lowest BCUT2D eigenvalue weighted by atomic mass is 10.1. The van der Waals surface area contributed by atoms with Crippen LogP contribution in [-0.4, -0.2) is 20.0 Å². The summed E-state index contributed by atoms with van der Waals surface area (Å²) in [4.78, 5) is 13.5. The number of nitriles is 1. The number of anilines is 3. The van der Waals surface area contributed by atoms with Gasteiger partial charge >= 0.3 is 0 Å². The molecule has 106 valence electrons. The maximum absolute atomic E-state index is 11.6. The molecule has 5 nitrogen and oxygen atoms in total. The Hall–Kier alpha value is -3.00. The molecule has 5 heteroatoms. The largest absolute Gasteiger partial charge is 0.397 e. The van der Waals surface area contributed by atoms with Crippen LogP contribution < -0.4 is 16.0 Å². The number of nitrogens with two attached hydrogens (primary N) is 1. The van der Waals surface area contributed by atoms with Gasteiger partial charge in [-0.2, -0.15) is 5.26 Å². The molecule has 0 spiro atoms. The van der Waals surface area contributed by atoms with E-state index >= 15 is 0 Å². The average Bonchev–Trinajstić information content (AvgIpc) is 2.53. The first-order valence-electron chi connectivity index (χ1n) is 6.42. The van der Waals surface area contributed by atoms with Gasteiger partial charge in [0.05, 0.1) is 23.0 Å². The van der Waals surface area contributed by atoms with Crippen LogP contribution in [-0.2, 0) is 0 Å². The van der Waals surface area contributed by atoms with Gasteiger partial charge in [0.2, 0.25) is 0 Å². The fraction of sp³-hybridized carbons (Fsp3) is 0.125. The molecule has 21 heavy (non-hydrogen) atoms. The highest BCUT2D eigenvalue weighted by atomic mass is 16.1. The topological polar surface area (TPSA) is 82.2 Å². The van der Waals surface area contributed by atoms with E-state index in [4.69, 9.17) is 11.0 Å². The first-order chi connectivity index (χ1) is 10.1. The number of hydrogen-bond donors (Lipinski definition) is 2. The third-order valence-corrected chi connectivity index (χ3v) is 3.26. The highest BCUT2D eigenvalue weighted by Crippen LogP contribution is 2.29. The van der Waals surface area contributed by atoms with Gasteiger partial charge in [0.15, 0.2) is 0 Å². The van der Waals surface area contributed by atoms with Crippen LogP contribution in [0.25, 0.3) is 0 Å². The molecule has 3 N–H and O–H groups in total. The third kappa shape index (κ3) is 2.95. The van der Waals surface area contributed by atoms with E-state index in [9.17, 15) is 4.79 Å². The van der Waals surface area contributed by atoms with Gasteiger partial charge in [-0.15, -0.1) is 0 Å². The van der Waals surface area contributed by atoms with Crippen molar-refractivity contribution in [1.29, 1.82) is 5.26 Å². The van der Waals surface area contributed by atoms with Crippen molar-refractivity contribution in [3.63, 3.8) is 0 Å². The van der Waals surface area contributed by atoms with E-state index in [0.717, 1.165) is 11.4 Å². The zero-order valence-electron chi connectivity index (χ0n) is 11.9.